The van der Waals surface area contributed by atoms with Crippen LogP contribution in [0.1, 0.15) is 61.3 Å². The lowest BCUT2D eigenvalue weighted by Crippen LogP contribution is -2.42. The second kappa shape index (κ2) is 6.61. The van der Waals surface area contributed by atoms with Gasteiger partial charge in [-0.3, -0.25) is 0 Å². The third kappa shape index (κ3) is 9.17. The highest BCUT2D eigenvalue weighted by molar-refractivity contribution is 4.76. The minimum Gasteiger partial charge on any atom is -0.377 e. The van der Waals surface area contributed by atoms with E-state index in [0.29, 0.717) is 11.5 Å². The Hall–Kier alpha value is -0.0800. The highest BCUT2D eigenvalue weighted by atomic mass is 16.5. The molecule has 0 saturated carbocycles. The van der Waals surface area contributed by atoms with Gasteiger partial charge in [-0.25, -0.2) is 0 Å². The van der Waals surface area contributed by atoms with Gasteiger partial charge in [-0.1, -0.05) is 27.7 Å². The zero-order valence-corrected chi connectivity index (χ0v) is 12.3. The Labute approximate surface area is 102 Å². The SMILES string of the molecule is CCC(C)(C)NCC(C)OCCC(C)(C)C. The first kappa shape index (κ1) is 15.9. The second-order valence-electron chi connectivity index (χ2n) is 6.61. The lowest BCUT2D eigenvalue weighted by Gasteiger charge is -2.27. The van der Waals surface area contributed by atoms with Gasteiger partial charge in [-0.05, 0) is 39.0 Å². The fraction of sp³-hybridized carbons (Fsp3) is 1.00. The molecule has 0 saturated heterocycles. The lowest BCUT2D eigenvalue weighted by molar-refractivity contribution is 0.0448. The smallest absolute Gasteiger partial charge is 0.0671 e. The van der Waals surface area contributed by atoms with Crippen LogP contribution in [-0.4, -0.2) is 24.8 Å². The Morgan fingerprint density at radius 2 is 1.69 bits per heavy atom. The normalized spacial score (nSPS) is 15.2. The summed E-state index contributed by atoms with van der Waals surface area (Å²) >= 11 is 0. The summed E-state index contributed by atoms with van der Waals surface area (Å²) in [5.41, 5.74) is 0.595. The highest BCUT2D eigenvalue weighted by Crippen LogP contribution is 2.18. The maximum absolute atomic E-state index is 5.80. The van der Waals surface area contributed by atoms with E-state index in [9.17, 15) is 0 Å². The van der Waals surface area contributed by atoms with E-state index in [1.807, 2.05) is 0 Å². The molecule has 0 radical (unpaired) electrons. The largest absolute Gasteiger partial charge is 0.377 e. The molecular weight excluding hydrogens is 198 g/mol. The van der Waals surface area contributed by atoms with E-state index in [0.717, 1.165) is 26.0 Å². The molecule has 1 N–H and O–H groups in total. The van der Waals surface area contributed by atoms with Crippen LogP contribution in [0.25, 0.3) is 0 Å². The third-order valence-electron chi connectivity index (χ3n) is 3.01. The van der Waals surface area contributed by atoms with Crippen molar-refractivity contribution < 1.29 is 4.74 Å². The van der Waals surface area contributed by atoms with Gasteiger partial charge in [0.2, 0.25) is 0 Å². The van der Waals surface area contributed by atoms with Crippen molar-refractivity contribution in [3.8, 4) is 0 Å². The van der Waals surface area contributed by atoms with Crippen LogP contribution in [0.15, 0.2) is 0 Å². The molecule has 2 heteroatoms. The van der Waals surface area contributed by atoms with Crippen LogP contribution in [0, 0.1) is 5.41 Å². The van der Waals surface area contributed by atoms with Gasteiger partial charge in [0, 0.05) is 18.7 Å². The zero-order valence-electron chi connectivity index (χ0n) is 12.3. The Balaban J connectivity index is 3.64. The minimum atomic E-state index is 0.224. The van der Waals surface area contributed by atoms with E-state index >= 15 is 0 Å². The molecule has 0 aromatic rings. The highest BCUT2D eigenvalue weighted by Gasteiger charge is 2.16. The van der Waals surface area contributed by atoms with Crippen molar-refractivity contribution in [2.24, 2.45) is 5.41 Å². The Morgan fingerprint density at radius 1 is 1.12 bits per heavy atom. The molecule has 0 aliphatic carbocycles. The van der Waals surface area contributed by atoms with E-state index in [1.54, 1.807) is 0 Å². The average Bonchev–Trinajstić information content (AvgIpc) is 2.13. The summed E-state index contributed by atoms with van der Waals surface area (Å²) in [7, 11) is 0. The van der Waals surface area contributed by atoms with E-state index < -0.39 is 0 Å². The van der Waals surface area contributed by atoms with Gasteiger partial charge in [0.15, 0.2) is 0 Å². The minimum absolute atomic E-state index is 0.224. The van der Waals surface area contributed by atoms with Crippen molar-refractivity contribution in [1.82, 2.24) is 5.32 Å². The maximum Gasteiger partial charge on any atom is 0.0671 e. The topological polar surface area (TPSA) is 21.3 Å². The van der Waals surface area contributed by atoms with Crippen molar-refractivity contribution in [3.05, 3.63) is 0 Å². The summed E-state index contributed by atoms with van der Waals surface area (Å²) < 4.78 is 5.80. The van der Waals surface area contributed by atoms with E-state index in [2.05, 4.69) is 53.8 Å². The molecule has 0 spiro atoms. The first-order valence-corrected chi connectivity index (χ1v) is 6.53. The number of ether oxygens (including phenoxy) is 1. The van der Waals surface area contributed by atoms with Gasteiger partial charge in [0.25, 0.3) is 0 Å². The standard InChI is InChI=1S/C14H31NO/c1-8-14(6,7)15-11-12(2)16-10-9-13(3,4)5/h12,15H,8-11H2,1-7H3. The summed E-state index contributed by atoms with van der Waals surface area (Å²) in [4.78, 5) is 0. The monoisotopic (exact) mass is 229 g/mol. The molecule has 0 aliphatic rings. The van der Waals surface area contributed by atoms with Gasteiger partial charge < -0.3 is 10.1 Å². The Bertz CT molecular complexity index is 182. The molecule has 0 aromatic carbocycles. The summed E-state index contributed by atoms with van der Waals surface area (Å²) in [5, 5.41) is 3.53. The van der Waals surface area contributed by atoms with Crippen LogP contribution in [0.4, 0.5) is 0 Å². The number of hydrogen-bond donors (Lipinski definition) is 1. The van der Waals surface area contributed by atoms with E-state index in [1.165, 1.54) is 0 Å². The molecule has 0 bridgehead atoms. The average molecular weight is 229 g/mol. The maximum atomic E-state index is 5.80. The number of rotatable bonds is 7. The van der Waals surface area contributed by atoms with Crippen LogP contribution in [0.3, 0.4) is 0 Å². The zero-order chi connectivity index (χ0) is 12.8. The summed E-state index contributed by atoms with van der Waals surface area (Å²) in [6.45, 7) is 17.4. The Kier molecular flexibility index (Phi) is 6.57. The van der Waals surface area contributed by atoms with Crippen LogP contribution in [-0.2, 0) is 4.74 Å². The summed E-state index contributed by atoms with van der Waals surface area (Å²) in [6.07, 6.45) is 2.56. The Morgan fingerprint density at radius 3 is 2.12 bits per heavy atom. The van der Waals surface area contributed by atoms with Gasteiger partial charge in [-0.15, -0.1) is 0 Å². The van der Waals surface area contributed by atoms with Crippen molar-refractivity contribution in [2.75, 3.05) is 13.2 Å². The molecule has 0 heterocycles. The molecule has 1 atom stereocenters. The van der Waals surface area contributed by atoms with Crippen LogP contribution >= 0.6 is 0 Å². The first-order chi connectivity index (χ1) is 7.16. The number of nitrogens with one attached hydrogen (secondary N) is 1. The molecule has 0 aliphatic heterocycles. The van der Waals surface area contributed by atoms with Crippen molar-refractivity contribution in [3.63, 3.8) is 0 Å². The van der Waals surface area contributed by atoms with Gasteiger partial charge in [0.1, 0.15) is 0 Å². The molecule has 98 valence electrons. The van der Waals surface area contributed by atoms with Gasteiger partial charge in [-0.2, -0.15) is 0 Å². The first-order valence-electron chi connectivity index (χ1n) is 6.53. The molecule has 0 amide bonds. The predicted molar refractivity (Wildman–Crippen MR) is 71.9 cm³/mol. The fourth-order valence-electron chi connectivity index (χ4n) is 1.17. The molecule has 0 aromatic heterocycles. The third-order valence-corrected chi connectivity index (χ3v) is 3.01. The van der Waals surface area contributed by atoms with Gasteiger partial charge in [0.05, 0.1) is 6.10 Å². The van der Waals surface area contributed by atoms with Crippen LogP contribution < -0.4 is 5.32 Å². The predicted octanol–water partition coefficient (Wildman–Crippen LogP) is 3.61. The molecule has 0 rings (SSSR count). The molecule has 0 fully saturated rings. The molecule has 2 nitrogen and oxygen atoms in total. The number of hydrogen-bond acceptors (Lipinski definition) is 2. The fourth-order valence-corrected chi connectivity index (χ4v) is 1.17. The van der Waals surface area contributed by atoms with Crippen molar-refractivity contribution in [2.45, 2.75) is 73.0 Å². The van der Waals surface area contributed by atoms with Crippen molar-refractivity contribution in [1.29, 1.82) is 0 Å². The quantitative estimate of drug-likeness (QED) is 0.720. The van der Waals surface area contributed by atoms with Crippen molar-refractivity contribution >= 4 is 0 Å². The van der Waals surface area contributed by atoms with E-state index in [4.69, 9.17) is 4.74 Å². The van der Waals surface area contributed by atoms with Gasteiger partial charge >= 0.3 is 0 Å². The lowest BCUT2D eigenvalue weighted by atomic mass is 9.93. The molecule has 16 heavy (non-hydrogen) atoms. The van der Waals surface area contributed by atoms with Crippen LogP contribution in [0.2, 0.25) is 0 Å². The van der Waals surface area contributed by atoms with E-state index in [-0.39, 0.29) is 5.54 Å². The second-order valence-corrected chi connectivity index (χ2v) is 6.61. The molecular formula is C14H31NO. The summed E-state index contributed by atoms with van der Waals surface area (Å²) in [6, 6.07) is 0. The molecule has 1 unspecified atom stereocenters. The summed E-state index contributed by atoms with van der Waals surface area (Å²) in [5.74, 6) is 0. The van der Waals surface area contributed by atoms with Crippen LogP contribution in [0.5, 0.6) is 0 Å².